The molecule has 1 aromatic carbocycles. The van der Waals surface area contributed by atoms with Crippen molar-refractivity contribution in [2.45, 2.75) is 44.6 Å². The molecule has 1 aliphatic carbocycles. The van der Waals surface area contributed by atoms with Gasteiger partial charge in [0.05, 0.1) is 6.10 Å². The van der Waals surface area contributed by atoms with Crippen LogP contribution in [0.5, 0.6) is 0 Å². The molecule has 0 aliphatic heterocycles. The molecule has 0 amide bonds. The summed E-state index contributed by atoms with van der Waals surface area (Å²) in [7, 11) is 0. The molecule has 0 heterocycles. The highest BCUT2D eigenvalue weighted by Gasteiger charge is 2.35. The maximum absolute atomic E-state index is 9.96. The standard InChI is InChI=1S/C13H18O/c1-9-10-6-4-5-7-11(10)13(2,3)8-12(9)14/h4-7,9,12,14H,8H2,1-3H3. The van der Waals surface area contributed by atoms with E-state index >= 15 is 0 Å². The van der Waals surface area contributed by atoms with E-state index in [2.05, 4.69) is 45.0 Å². The fourth-order valence-electron chi connectivity index (χ4n) is 2.53. The van der Waals surface area contributed by atoms with Crippen molar-refractivity contribution < 1.29 is 5.11 Å². The zero-order chi connectivity index (χ0) is 10.3. The van der Waals surface area contributed by atoms with Crippen LogP contribution in [0.25, 0.3) is 0 Å². The molecule has 0 saturated carbocycles. The van der Waals surface area contributed by atoms with Gasteiger partial charge in [-0.3, -0.25) is 0 Å². The summed E-state index contributed by atoms with van der Waals surface area (Å²) in [6, 6.07) is 8.48. The van der Waals surface area contributed by atoms with Gasteiger partial charge < -0.3 is 5.11 Å². The van der Waals surface area contributed by atoms with Crippen molar-refractivity contribution in [1.82, 2.24) is 0 Å². The minimum Gasteiger partial charge on any atom is -0.392 e. The molecular formula is C13H18O. The quantitative estimate of drug-likeness (QED) is 0.667. The highest BCUT2D eigenvalue weighted by atomic mass is 16.3. The number of aliphatic hydroxyl groups is 1. The summed E-state index contributed by atoms with van der Waals surface area (Å²) in [4.78, 5) is 0. The molecule has 0 radical (unpaired) electrons. The number of benzene rings is 1. The fourth-order valence-corrected chi connectivity index (χ4v) is 2.53. The van der Waals surface area contributed by atoms with Gasteiger partial charge in [0.15, 0.2) is 0 Å². The largest absolute Gasteiger partial charge is 0.392 e. The van der Waals surface area contributed by atoms with Crippen molar-refractivity contribution in [1.29, 1.82) is 0 Å². The molecule has 76 valence electrons. The monoisotopic (exact) mass is 190 g/mol. The summed E-state index contributed by atoms with van der Waals surface area (Å²) < 4.78 is 0. The number of aliphatic hydroxyl groups excluding tert-OH is 1. The molecule has 2 rings (SSSR count). The number of rotatable bonds is 0. The van der Waals surface area contributed by atoms with E-state index in [0.717, 1.165) is 6.42 Å². The van der Waals surface area contributed by atoms with E-state index in [1.165, 1.54) is 11.1 Å². The topological polar surface area (TPSA) is 20.2 Å². The van der Waals surface area contributed by atoms with Crippen molar-refractivity contribution in [3.63, 3.8) is 0 Å². The van der Waals surface area contributed by atoms with E-state index in [9.17, 15) is 5.11 Å². The van der Waals surface area contributed by atoms with Gasteiger partial charge in [-0.25, -0.2) is 0 Å². The van der Waals surface area contributed by atoms with Gasteiger partial charge in [0.25, 0.3) is 0 Å². The molecule has 0 saturated heterocycles. The summed E-state index contributed by atoms with van der Waals surface area (Å²) in [6.45, 7) is 6.53. The molecule has 2 unspecified atom stereocenters. The van der Waals surface area contributed by atoms with Crippen molar-refractivity contribution in [2.24, 2.45) is 0 Å². The van der Waals surface area contributed by atoms with Crippen molar-refractivity contribution >= 4 is 0 Å². The summed E-state index contributed by atoms with van der Waals surface area (Å²) in [5, 5.41) is 9.96. The molecule has 14 heavy (non-hydrogen) atoms. The zero-order valence-electron chi connectivity index (χ0n) is 9.12. The second kappa shape index (κ2) is 3.09. The Labute approximate surface area is 85.8 Å². The van der Waals surface area contributed by atoms with Gasteiger partial charge in [-0.1, -0.05) is 45.0 Å². The summed E-state index contributed by atoms with van der Waals surface area (Å²) >= 11 is 0. The molecule has 0 fully saturated rings. The molecule has 1 nitrogen and oxygen atoms in total. The molecule has 1 N–H and O–H groups in total. The van der Waals surface area contributed by atoms with Crippen LogP contribution >= 0.6 is 0 Å². The Morgan fingerprint density at radius 3 is 2.64 bits per heavy atom. The second-order valence-corrected chi connectivity index (χ2v) is 5.03. The molecule has 0 bridgehead atoms. The predicted octanol–water partition coefficient (Wildman–Crippen LogP) is 2.83. The van der Waals surface area contributed by atoms with Gasteiger partial charge in [0, 0.05) is 5.92 Å². The van der Waals surface area contributed by atoms with Crippen LogP contribution in [0.15, 0.2) is 24.3 Å². The normalized spacial score (nSPS) is 29.7. The number of fused-ring (bicyclic) bond motifs is 1. The third kappa shape index (κ3) is 1.36. The van der Waals surface area contributed by atoms with Gasteiger partial charge in [-0.05, 0) is 23.0 Å². The van der Waals surface area contributed by atoms with E-state index in [4.69, 9.17) is 0 Å². The lowest BCUT2D eigenvalue weighted by Gasteiger charge is -2.39. The maximum atomic E-state index is 9.96. The molecular weight excluding hydrogens is 172 g/mol. The third-order valence-electron chi connectivity index (χ3n) is 3.48. The van der Waals surface area contributed by atoms with Crippen LogP contribution in [0.2, 0.25) is 0 Å². The minimum absolute atomic E-state index is 0.114. The Balaban J connectivity index is 2.56. The Morgan fingerprint density at radius 1 is 1.29 bits per heavy atom. The van der Waals surface area contributed by atoms with E-state index in [-0.39, 0.29) is 17.4 Å². The molecule has 1 aromatic rings. The number of hydrogen-bond acceptors (Lipinski definition) is 1. The maximum Gasteiger partial charge on any atom is 0.0614 e. The smallest absolute Gasteiger partial charge is 0.0614 e. The highest BCUT2D eigenvalue weighted by Crippen LogP contribution is 2.42. The van der Waals surface area contributed by atoms with E-state index in [1.54, 1.807) is 0 Å². The predicted molar refractivity (Wildman–Crippen MR) is 58.5 cm³/mol. The molecule has 1 aliphatic rings. The first kappa shape index (κ1) is 9.72. The van der Waals surface area contributed by atoms with Gasteiger partial charge in [0.1, 0.15) is 0 Å². The van der Waals surface area contributed by atoms with Gasteiger partial charge in [-0.2, -0.15) is 0 Å². The Kier molecular flexibility index (Phi) is 2.15. The highest BCUT2D eigenvalue weighted by molar-refractivity contribution is 5.39. The van der Waals surface area contributed by atoms with Crippen LogP contribution in [0.4, 0.5) is 0 Å². The Morgan fingerprint density at radius 2 is 1.93 bits per heavy atom. The number of hydrogen-bond donors (Lipinski definition) is 1. The average molecular weight is 190 g/mol. The van der Waals surface area contributed by atoms with Crippen LogP contribution in [0, 0.1) is 0 Å². The van der Waals surface area contributed by atoms with Crippen molar-refractivity contribution in [2.75, 3.05) is 0 Å². The van der Waals surface area contributed by atoms with Gasteiger partial charge in [-0.15, -0.1) is 0 Å². The average Bonchev–Trinajstić information content (AvgIpc) is 2.14. The third-order valence-corrected chi connectivity index (χ3v) is 3.48. The lowest BCUT2D eigenvalue weighted by atomic mass is 9.68. The van der Waals surface area contributed by atoms with Crippen LogP contribution in [0.1, 0.15) is 44.2 Å². The first-order valence-corrected chi connectivity index (χ1v) is 5.30. The summed E-state index contributed by atoms with van der Waals surface area (Å²) in [5.74, 6) is 0.277. The van der Waals surface area contributed by atoms with Gasteiger partial charge in [0.2, 0.25) is 0 Å². The zero-order valence-corrected chi connectivity index (χ0v) is 9.12. The Bertz CT molecular complexity index is 341. The van der Waals surface area contributed by atoms with Crippen LogP contribution in [-0.4, -0.2) is 11.2 Å². The lowest BCUT2D eigenvalue weighted by molar-refractivity contribution is 0.104. The van der Waals surface area contributed by atoms with Crippen molar-refractivity contribution in [3.8, 4) is 0 Å². The molecule has 1 heteroatoms. The first-order chi connectivity index (χ1) is 6.52. The molecule has 0 aromatic heterocycles. The summed E-state index contributed by atoms with van der Waals surface area (Å²) in [6.07, 6.45) is 0.672. The SMILES string of the molecule is CC1c2ccccc2C(C)(C)CC1O. The van der Waals surface area contributed by atoms with Crippen molar-refractivity contribution in [3.05, 3.63) is 35.4 Å². The second-order valence-electron chi connectivity index (χ2n) is 5.03. The lowest BCUT2D eigenvalue weighted by Crippen LogP contribution is -2.34. The molecule has 0 spiro atoms. The minimum atomic E-state index is -0.195. The first-order valence-electron chi connectivity index (χ1n) is 5.30. The van der Waals surface area contributed by atoms with Crippen LogP contribution < -0.4 is 0 Å². The molecule has 2 atom stereocenters. The van der Waals surface area contributed by atoms with Crippen LogP contribution in [-0.2, 0) is 5.41 Å². The summed E-state index contributed by atoms with van der Waals surface area (Å²) in [5.41, 5.74) is 2.83. The van der Waals surface area contributed by atoms with E-state index in [0.29, 0.717) is 0 Å². The van der Waals surface area contributed by atoms with Gasteiger partial charge >= 0.3 is 0 Å². The van der Waals surface area contributed by atoms with Crippen LogP contribution in [0.3, 0.4) is 0 Å². The Hall–Kier alpha value is -0.820. The van der Waals surface area contributed by atoms with E-state index < -0.39 is 0 Å². The fraction of sp³-hybridized carbons (Fsp3) is 0.538. The van der Waals surface area contributed by atoms with E-state index in [1.807, 2.05) is 0 Å².